The molecule has 2 heterocycles. The highest BCUT2D eigenvalue weighted by molar-refractivity contribution is 5.73. The van der Waals surface area contributed by atoms with Gasteiger partial charge in [0.1, 0.15) is 11.6 Å². The Morgan fingerprint density at radius 3 is 2.46 bits per heavy atom. The van der Waals surface area contributed by atoms with E-state index in [1.807, 2.05) is 42.2 Å². The number of amides is 1. The van der Waals surface area contributed by atoms with Gasteiger partial charge < -0.3 is 19.9 Å². The molecule has 0 radical (unpaired) electrons. The van der Waals surface area contributed by atoms with E-state index in [0.29, 0.717) is 25.6 Å². The summed E-state index contributed by atoms with van der Waals surface area (Å²) < 4.78 is 5.18. The third-order valence-electron chi connectivity index (χ3n) is 4.48. The minimum Gasteiger partial charge on any atom is -0.497 e. The number of anilines is 2. The van der Waals surface area contributed by atoms with Crippen LogP contribution in [-0.2, 0) is 11.3 Å². The molecular formula is C19H25N5O2. The van der Waals surface area contributed by atoms with E-state index in [0.717, 1.165) is 35.9 Å². The molecule has 1 aromatic carbocycles. The average molecular weight is 355 g/mol. The Labute approximate surface area is 154 Å². The molecule has 0 saturated carbocycles. The fraction of sp³-hybridized carbons (Fsp3) is 0.421. The summed E-state index contributed by atoms with van der Waals surface area (Å²) in [5.74, 6) is 2.48. The van der Waals surface area contributed by atoms with Crippen LogP contribution < -0.4 is 15.0 Å². The summed E-state index contributed by atoms with van der Waals surface area (Å²) in [4.78, 5) is 24.7. The van der Waals surface area contributed by atoms with E-state index < -0.39 is 0 Å². The first kappa shape index (κ1) is 18.0. The molecule has 0 aliphatic carbocycles. The number of hydrogen-bond acceptors (Lipinski definition) is 6. The number of methoxy groups -OCH3 is 1. The Morgan fingerprint density at radius 2 is 1.85 bits per heavy atom. The second kappa shape index (κ2) is 8.03. The van der Waals surface area contributed by atoms with Gasteiger partial charge in [-0.3, -0.25) is 4.79 Å². The Kier molecular flexibility index (Phi) is 5.55. The van der Waals surface area contributed by atoms with Crippen LogP contribution in [0.5, 0.6) is 5.75 Å². The van der Waals surface area contributed by atoms with Crippen molar-refractivity contribution in [2.75, 3.05) is 43.5 Å². The maximum absolute atomic E-state index is 11.5. The van der Waals surface area contributed by atoms with Gasteiger partial charge in [-0.05, 0) is 24.6 Å². The van der Waals surface area contributed by atoms with E-state index in [2.05, 4.69) is 20.2 Å². The Balaban J connectivity index is 1.64. The highest BCUT2D eigenvalue weighted by Gasteiger charge is 2.20. The van der Waals surface area contributed by atoms with Gasteiger partial charge >= 0.3 is 0 Å². The molecule has 0 bridgehead atoms. The van der Waals surface area contributed by atoms with Crippen molar-refractivity contribution in [1.29, 1.82) is 0 Å². The van der Waals surface area contributed by atoms with Crippen molar-refractivity contribution < 1.29 is 9.53 Å². The Hall–Kier alpha value is -2.83. The van der Waals surface area contributed by atoms with Crippen molar-refractivity contribution in [2.24, 2.45) is 0 Å². The van der Waals surface area contributed by atoms with Gasteiger partial charge in [0, 0.05) is 51.4 Å². The maximum Gasteiger partial charge on any atom is 0.227 e. The van der Waals surface area contributed by atoms with Crippen molar-refractivity contribution >= 4 is 17.7 Å². The molecule has 0 spiro atoms. The molecule has 1 fully saturated rings. The number of aryl methyl sites for hydroxylation is 1. The van der Waals surface area contributed by atoms with Crippen molar-refractivity contribution in [3.05, 3.63) is 41.6 Å². The highest BCUT2D eigenvalue weighted by Crippen LogP contribution is 2.17. The molecule has 7 nitrogen and oxygen atoms in total. The molecule has 7 heteroatoms. The van der Waals surface area contributed by atoms with Crippen molar-refractivity contribution in [1.82, 2.24) is 14.9 Å². The Morgan fingerprint density at radius 1 is 1.15 bits per heavy atom. The zero-order valence-corrected chi connectivity index (χ0v) is 15.5. The molecule has 1 N–H and O–H groups in total. The molecule has 138 valence electrons. The first-order chi connectivity index (χ1) is 12.5. The molecule has 1 aliphatic heterocycles. The number of aromatic nitrogens is 2. The second-order valence-electron chi connectivity index (χ2n) is 6.39. The van der Waals surface area contributed by atoms with Crippen molar-refractivity contribution in [3.63, 3.8) is 0 Å². The molecule has 1 aliphatic rings. The van der Waals surface area contributed by atoms with Gasteiger partial charge in [0.25, 0.3) is 0 Å². The van der Waals surface area contributed by atoms with Crippen LogP contribution >= 0.6 is 0 Å². The standard InChI is InChI=1S/C19H25N5O2/c1-14-12-18(20-13-16-4-6-17(26-3)7-5-16)22-19(21-14)24-10-8-23(9-11-24)15(2)25/h4-7,12H,8-11,13H2,1-3H3,(H,20,21,22). The number of nitrogens with one attached hydrogen (secondary N) is 1. The van der Waals surface area contributed by atoms with Crippen molar-refractivity contribution in [3.8, 4) is 5.75 Å². The SMILES string of the molecule is COc1ccc(CNc2cc(C)nc(N3CCN(C(C)=O)CC3)n2)cc1. The van der Waals surface area contributed by atoms with Gasteiger partial charge in [0.05, 0.1) is 7.11 Å². The third-order valence-corrected chi connectivity index (χ3v) is 4.48. The lowest BCUT2D eigenvalue weighted by molar-refractivity contribution is -0.129. The van der Waals surface area contributed by atoms with Gasteiger partial charge in [-0.15, -0.1) is 0 Å². The van der Waals surface area contributed by atoms with Gasteiger partial charge in [-0.1, -0.05) is 12.1 Å². The summed E-state index contributed by atoms with van der Waals surface area (Å²) in [6.07, 6.45) is 0. The van der Waals surface area contributed by atoms with Crippen LogP contribution in [0.15, 0.2) is 30.3 Å². The number of carbonyl (C=O) groups excluding carboxylic acids is 1. The van der Waals surface area contributed by atoms with Crippen molar-refractivity contribution in [2.45, 2.75) is 20.4 Å². The minimum atomic E-state index is 0.122. The molecule has 3 rings (SSSR count). The van der Waals surface area contributed by atoms with Gasteiger partial charge in [0.2, 0.25) is 11.9 Å². The van der Waals surface area contributed by atoms with E-state index in [1.165, 1.54) is 0 Å². The predicted molar refractivity (Wildman–Crippen MR) is 102 cm³/mol. The lowest BCUT2D eigenvalue weighted by Gasteiger charge is -2.34. The number of rotatable bonds is 5. The third kappa shape index (κ3) is 4.41. The molecule has 1 amide bonds. The molecule has 2 aromatic rings. The van der Waals surface area contributed by atoms with Crippen LogP contribution in [0.25, 0.3) is 0 Å². The molecular weight excluding hydrogens is 330 g/mol. The fourth-order valence-electron chi connectivity index (χ4n) is 2.94. The van der Waals surface area contributed by atoms with E-state index >= 15 is 0 Å². The van der Waals surface area contributed by atoms with Gasteiger partial charge in [-0.25, -0.2) is 4.98 Å². The molecule has 26 heavy (non-hydrogen) atoms. The van der Waals surface area contributed by atoms with E-state index in [-0.39, 0.29) is 5.91 Å². The zero-order valence-electron chi connectivity index (χ0n) is 15.5. The normalized spacial score (nSPS) is 14.3. The molecule has 0 unspecified atom stereocenters. The highest BCUT2D eigenvalue weighted by atomic mass is 16.5. The predicted octanol–water partition coefficient (Wildman–Crippen LogP) is 2.07. The smallest absolute Gasteiger partial charge is 0.227 e. The van der Waals surface area contributed by atoms with Crippen LogP contribution in [0.4, 0.5) is 11.8 Å². The van der Waals surface area contributed by atoms with Crippen LogP contribution in [-0.4, -0.2) is 54.1 Å². The summed E-state index contributed by atoms with van der Waals surface area (Å²) in [6.45, 7) is 7.18. The number of ether oxygens (including phenoxy) is 1. The summed E-state index contributed by atoms with van der Waals surface area (Å²) in [6, 6.07) is 9.90. The molecule has 1 aromatic heterocycles. The summed E-state index contributed by atoms with van der Waals surface area (Å²) >= 11 is 0. The maximum atomic E-state index is 11.5. The van der Waals surface area contributed by atoms with Crippen LogP contribution in [0, 0.1) is 6.92 Å². The second-order valence-corrected chi connectivity index (χ2v) is 6.39. The van der Waals surface area contributed by atoms with Gasteiger partial charge in [-0.2, -0.15) is 4.98 Å². The summed E-state index contributed by atoms with van der Waals surface area (Å²) in [5.41, 5.74) is 2.07. The lowest BCUT2D eigenvalue weighted by Crippen LogP contribution is -2.48. The average Bonchev–Trinajstić information content (AvgIpc) is 2.66. The Bertz CT molecular complexity index is 755. The number of piperazine rings is 1. The van der Waals surface area contributed by atoms with E-state index in [1.54, 1.807) is 14.0 Å². The van der Waals surface area contributed by atoms with Crippen LogP contribution in [0.3, 0.4) is 0 Å². The zero-order chi connectivity index (χ0) is 18.5. The minimum absolute atomic E-state index is 0.122. The first-order valence-corrected chi connectivity index (χ1v) is 8.78. The van der Waals surface area contributed by atoms with Crippen LogP contribution in [0.1, 0.15) is 18.2 Å². The van der Waals surface area contributed by atoms with E-state index in [9.17, 15) is 4.79 Å². The van der Waals surface area contributed by atoms with Crippen LogP contribution in [0.2, 0.25) is 0 Å². The summed E-state index contributed by atoms with van der Waals surface area (Å²) in [5, 5.41) is 3.36. The number of carbonyl (C=O) groups is 1. The summed E-state index contributed by atoms with van der Waals surface area (Å²) in [7, 11) is 1.66. The molecule has 0 atom stereocenters. The number of nitrogens with zero attached hydrogens (tertiary/aromatic N) is 4. The fourth-order valence-corrected chi connectivity index (χ4v) is 2.94. The number of hydrogen-bond donors (Lipinski definition) is 1. The first-order valence-electron chi connectivity index (χ1n) is 8.78. The monoisotopic (exact) mass is 355 g/mol. The molecule has 1 saturated heterocycles. The number of benzene rings is 1. The quantitative estimate of drug-likeness (QED) is 0.885. The largest absolute Gasteiger partial charge is 0.497 e. The lowest BCUT2D eigenvalue weighted by atomic mass is 10.2. The van der Waals surface area contributed by atoms with E-state index in [4.69, 9.17) is 4.74 Å². The topological polar surface area (TPSA) is 70.6 Å². The van der Waals surface area contributed by atoms with Gasteiger partial charge in [0.15, 0.2) is 0 Å².